The Bertz CT molecular complexity index is 401. The topological polar surface area (TPSA) is 60.2 Å². The summed E-state index contributed by atoms with van der Waals surface area (Å²) in [5, 5.41) is 7.50. The molecule has 19 heavy (non-hydrogen) atoms. The summed E-state index contributed by atoms with van der Waals surface area (Å²) in [6, 6.07) is 0.590. The molecule has 1 aliphatic carbocycles. The smallest absolute Gasteiger partial charge is 0.227 e. The maximum Gasteiger partial charge on any atom is 0.227 e. The van der Waals surface area contributed by atoms with Crippen molar-refractivity contribution in [1.82, 2.24) is 15.5 Å². The molecule has 0 aromatic carbocycles. The lowest BCUT2D eigenvalue weighted by atomic mass is 9.82. The van der Waals surface area contributed by atoms with E-state index in [1.807, 2.05) is 0 Å². The number of rotatable bonds is 4. The van der Waals surface area contributed by atoms with E-state index >= 15 is 0 Å². The second-order valence-corrected chi connectivity index (χ2v) is 5.69. The monoisotopic (exact) mass is 265 g/mol. The molecule has 2 heterocycles. The minimum atomic E-state index is 0.0592. The van der Waals surface area contributed by atoms with Gasteiger partial charge in [-0.05, 0) is 38.6 Å². The Morgan fingerprint density at radius 1 is 1.21 bits per heavy atom. The van der Waals surface area contributed by atoms with Crippen LogP contribution in [0.3, 0.4) is 0 Å². The number of aromatic nitrogens is 2. The lowest BCUT2D eigenvalue weighted by Crippen LogP contribution is -2.37. The molecular weight excluding hydrogens is 242 g/mol. The summed E-state index contributed by atoms with van der Waals surface area (Å²) in [7, 11) is 2.05. The summed E-state index contributed by atoms with van der Waals surface area (Å²) >= 11 is 0. The molecule has 1 aliphatic heterocycles. The molecule has 1 aromatic heterocycles. The van der Waals surface area contributed by atoms with E-state index < -0.39 is 0 Å². The summed E-state index contributed by atoms with van der Waals surface area (Å²) in [4.78, 5) is 4.52. The van der Waals surface area contributed by atoms with E-state index in [-0.39, 0.29) is 6.10 Å². The third-order valence-electron chi connectivity index (χ3n) is 4.42. The molecular formula is C14H23N3O2. The zero-order valence-corrected chi connectivity index (χ0v) is 11.6. The van der Waals surface area contributed by atoms with Gasteiger partial charge in [0, 0.05) is 19.1 Å². The largest absolute Gasteiger partial charge is 0.370 e. The number of ether oxygens (including phenoxy) is 1. The summed E-state index contributed by atoms with van der Waals surface area (Å²) < 4.78 is 11.0. The van der Waals surface area contributed by atoms with E-state index in [0.717, 1.165) is 37.6 Å². The minimum Gasteiger partial charge on any atom is -0.370 e. The van der Waals surface area contributed by atoms with E-state index in [9.17, 15) is 0 Å². The standard InChI is InChI=1S/C14H23N3O2/c1-15-11-6-3-2-5-10(11)9-13-16-14(17-19-13)12-7-4-8-18-12/h10-12,15H,2-9H2,1H3. The minimum absolute atomic E-state index is 0.0592. The van der Waals surface area contributed by atoms with Crippen molar-refractivity contribution in [3.63, 3.8) is 0 Å². The van der Waals surface area contributed by atoms with Gasteiger partial charge in [-0.2, -0.15) is 4.98 Å². The van der Waals surface area contributed by atoms with Crippen molar-refractivity contribution in [1.29, 1.82) is 0 Å². The van der Waals surface area contributed by atoms with Crippen molar-refractivity contribution in [2.75, 3.05) is 13.7 Å². The van der Waals surface area contributed by atoms with Crippen LogP contribution in [0.15, 0.2) is 4.52 Å². The molecule has 0 radical (unpaired) electrons. The highest BCUT2D eigenvalue weighted by atomic mass is 16.5. The Morgan fingerprint density at radius 3 is 2.89 bits per heavy atom. The lowest BCUT2D eigenvalue weighted by Gasteiger charge is -2.30. The first-order valence-electron chi connectivity index (χ1n) is 7.48. The SMILES string of the molecule is CNC1CCCCC1Cc1nc(C2CCCO2)no1. The van der Waals surface area contributed by atoms with E-state index in [2.05, 4.69) is 22.5 Å². The Labute approximate surface area is 114 Å². The summed E-state index contributed by atoms with van der Waals surface area (Å²) in [5.41, 5.74) is 0. The van der Waals surface area contributed by atoms with Gasteiger partial charge in [0.15, 0.2) is 0 Å². The predicted octanol–water partition coefficient (Wildman–Crippen LogP) is 2.24. The molecule has 3 atom stereocenters. The molecule has 1 N–H and O–H groups in total. The third kappa shape index (κ3) is 2.98. The van der Waals surface area contributed by atoms with E-state index in [4.69, 9.17) is 9.26 Å². The van der Waals surface area contributed by atoms with Crippen LogP contribution in [0.2, 0.25) is 0 Å². The maximum atomic E-state index is 5.59. The average molecular weight is 265 g/mol. The number of hydrogen-bond donors (Lipinski definition) is 1. The van der Waals surface area contributed by atoms with Crippen molar-refractivity contribution < 1.29 is 9.26 Å². The fraction of sp³-hybridized carbons (Fsp3) is 0.857. The normalized spacial score (nSPS) is 31.7. The summed E-state index contributed by atoms with van der Waals surface area (Å²) in [5.74, 6) is 2.14. The Kier molecular flexibility index (Phi) is 4.13. The zero-order chi connectivity index (χ0) is 13.1. The average Bonchev–Trinajstić information content (AvgIpc) is 3.09. The van der Waals surface area contributed by atoms with Crippen LogP contribution in [0.4, 0.5) is 0 Å². The summed E-state index contributed by atoms with van der Waals surface area (Å²) in [6.45, 7) is 0.818. The van der Waals surface area contributed by atoms with Gasteiger partial charge < -0.3 is 14.6 Å². The first-order chi connectivity index (χ1) is 9.36. The second-order valence-electron chi connectivity index (χ2n) is 5.69. The van der Waals surface area contributed by atoms with Crippen molar-refractivity contribution in [3.8, 4) is 0 Å². The second kappa shape index (κ2) is 6.01. The molecule has 5 nitrogen and oxygen atoms in total. The molecule has 5 heteroatoms. The molecule has 0 spiro atoms. The Morgan fingerprint density at radius 2 is 2.11 bits per heavy atom. The van der Waals surface area contributed by atoms with Crippen LogP contribution in [0.1, 0.15) is 56.3 Å². The van der Waals surface area contributed by atoms with E-state index in [1.165, 1.54) is 25.7 Å². The van der Waals surface area contributed by atoms with Gasteiger partial charge >= 0.3 is 0 Å². The van der Waals surface area contributed by atoms with Gasteiger partial charge in [0.1, 0.15) is 6.10 Å². The highest BCUT2D eigenvalue weighted by molar-refractivity contribution is 4.95. The summed E-state index contributed by atoms with van der Waals surface area (Å²) in [6.07, 6.45) is 8.22. The molecule has 1 saturated heterocycles. The maximum absolute atomic E-state index is 5.59. The van der Waals surface area contributed by atoms with Crippen molar-refractivity contribution in [2.24, 2.45) is 5.92 Å². The molecule has 1 saturated carbocycles. The molecule has 2 aliphatic rings. The lowest BCUT2D eigenvalue weighted by molar-refractivity contribution is 0.103. The number of nitrogens with one attached hydrogen (secondary N) is 1. The Balaban J connectivity index is 1.62. The van der Waals surface area contributed by atoms with Gasteiger partial charge in [0.2, 0.25) is 11.7 Å². The van der Waals surface area contributed by atoms with Gasteiger partial charge in [-0.3, -0.25) is 0 Å². The van der Waals surface area contributed by atoms with Crippen LogP contribution in [-0.4, -0.2) is 29.8 Å². The quantitative estimate of drug-likeness (QED) is 0.904. The van der Waals surface area contributed by atoms with Gasteiger partial charge in [0.05, 0.1) is 0 Å². The highest BCUT2D eigenvalue weighted by Gasteiger charge is 2.27. The van der Waals surface area contributed by atoms with Crippen LogP contribution in [0.25, 0.3) is 0 Å². The van der Waals surface area contributed by atoms with E-state index in [0.29, 0.717) is 12.0 Å². The fourth-order valence-electron chi connectivity index (χ4n) is 3.32. The predicted molar refractivity (Wildman–Crippen MR) is 70.7 cm³/mol. The molecule has 0 bridgehead atoms. The molecule has 3 rings (SSSR count). The van der Waals surface area contributed by atoms with Crippen molar-refractivity contribution in [3.05, 3.63) is 11.7 Å². The van der Waals surface area contributed by atoms with Crippen LogP contribution in [0, 0.1) is 5.92 Å². The van der Waals surface area contributed by atoms with Crippen LogP contribution in [-0.2, 0) is 11.2 Å². The number of nitrogens with zero attached hydrogens (tertiary/aromatic N) is 2. The number of hydrogen-bond acceptors (Lipinski definition) is 5. The van der Waals surface area contributed by atoms with Gasteiger partial charge in [-0.25, -0.2) is 0 Å². The van der Waals surface area contributed by atoms with Gasteiger partial charge in [-0.1, -0.05) is 18.0 Å². The molecule has 2 fully saturated rings. The molecule has 0 amide bonds. The van der Waals surface area contributed by atoms with Gasteiger partial charge in [-0.15, -0.1) is 0 Å². The first kappa shape index (κ1) is 13.1. The molecule has 106 valence electrons. The van der Waals surface area contributed by atoms with Gasteiger partial charge in [0.25, 0.3) is 0 Å². The van der Waals surface area contributed by atoms with Crippen LogP contribution < -0.4 is 5.32 Å². The molecule has 1 aromatic rings. The third-order valence-corrected chi connectivity index (χ3v) is 4.42. The first-order valence-corrected chi connectivity index (χ1v) is 7.48. The van der Waals surface area contributed by atoms with Crippen molar-refractivity contribution in [2.45, 2.75) is 57.1 Å². The highest BCUT2D eigenvalue weighted by Crippen LogP contribution is 2.29. The Hall–Kier alpha value is -0.940. The van der Waals surface area contributed by atoms with Crippen LogP contribution >= 0.6 is 0 Å². The fourth-order valence-corrected chi connectivity index (χ4v) is 3.32. The van der Waals surface area contributed by atoms with Crippen molar-refractivity contribution >= 4 is 0 Å². The van der Waals surface area contributed by atoms with E-state index in [1.54, 1.807) is 0 Å². The van der Waals surface area contributed by atoms with Crippen LogP contribution in [0.5, 0.6) is 0 Å². The zero-order valence-electron chi connectivity index (χ0n) is 11.6. The molecule has 3 unspecified atom stereocenters.